The maximum atomic E-state index is 13.5. The third kappa shape index (κ3) is 4.23. The van der Waals surface area contributed by atoms with Gasteiger partial charge in [0.05, 0.1) is 5.69 Å². The van der Waals surface area contributed by atoms with Gasteiger partial charge in [0.25, 0.3) is 0 Å². The van der Waals surface area contributed by atoms with Crippen molar-refractivity contribution >= 4 is 5.69 Å². The number of benzene rings is 3. The van der Waals surface area contributed by atoms with Crippen molar-refractivity contribution in [2.45, 2.75) is 6.61 Å². The first kappa shape index (κ1) is 14.9. The number of hydrogen-bond donors (Lipinski definition) is 1. The number of para-hydroxylation sites is 1. The fourth-order valence-electron chi connectivity index (χ4n) is 2.00. The van der Waals surface area contributed by atoms with Crippen LogP contribution in [0.1, 0.15) is 5.56 Å². The molecule has 0 amide bonds. The molecule has 3 rings (SSSR count). The lowest BCUT2D eigenvalue weighted by atomic mass is 10.2. The molecule has 0 spiro atoms. The van der Waals surface area contributed by atoms with Crippen LogP contribution in [0.15, 0.2) is 78.9 Å². The van der Waals surface area contributed by atoms with E-state index < -0.39 is 0 Å². The van der Waals surface area contributed by atoms with Gasteiger partial charge in [0.2, 0.25) is 0 Å². The Labute approximate surface area is 134 Å². The first-order valence-corrected chi connectivity index (χ1v) is 7.25. The fraction of sp³-hybridized carbons (Fsp3) is 0.0526. The molecule has 0 fully saturated rings. The van der Waals surface area contributed by atoms with Crippen molar-refractivity contribution in [1.29, 1.82) is 0 Å². The highest BCUT2D eigenvalue weighted by molar-refractivity contribution is 5.41. The summed E-state index contributed by atoms with van der Waals surface area (Å²) in [5.41, 5.74) is 4.25. The van der Waals surface area contributed by atoms with Gasteiger partial charge in [-0.05, 0) is 42.5 Å². The molecule has 0 saturated carbocycles. The van der Waals surface area contributed by atoms with Crippen LogP contribution in [0.4, 0.5) is 10.1 Å². The van der Waals surface area contributed by atoms with E-state index in [2.05, 4.69) is 5.48 Å². The highest BCUT2D eigenvalue weighted by Gasteiger charge is 2.02. The van der Waals surface area contributed by atoms with E-state index in [1.165, 1.54) is 6.07 Å². The van der Waals surface area contributed by atoms with E-state index in [1.807, 2.05) is 30.3 Å². The second kappa shape index (κ2) is 7.31. The van der Waals surface area contributed by atoms with Crippen molar-refractivity contribution in [3.63, 3.8) is 0 Å². The Hall–Kier alpha value is -3.01. The summed E-state index contributed by atoms with van der Waals surface area (Å²) in [5.74, 6) is 1.05. The average molecular weight is 309 g/mol. The molecular weight excluding hydrogens is 293 g/mol. The maximum Gasteiger partial charge on any atom is 0.155 e. The van der Waals surface area contributed by atoms with E-state index in [-0.39, 0.29) is 12.4 Å². The standard InChI is InChI=1S/C19H16FNO2/c20-19-9-5-4-6-15(19)14-22-17-10-12-18(13-11-17)23-21-16-7-2-1-3-8-16/h1-13,21H,14H2. The molecule has 116 valence electrons. The minimum absolute atomic E-state index is 0.190. The smallest absolute Gasteiger partial charge is 0.155 e. The molecule has 3 aromatic carbocycles. The van der Waals surface area contributed by atoms with Gasteiger partial charge in [-0.15, -0.1) is 0 Å². The molecule has 0 heterocycles. The second-order valence-electron chi connectivity index (χ2n) is 4.92. The van der Waals surface area contributed by atoms with Crippen molar-refractivity contribution in [1.82, 2.24) is 0 Å². The molecule has 4 heteroatoms. The molecule has 1 N–H and O–H groups in total. The minimum Gasteiger partial charge on any atom is -0.489 e. The zero-order chi connectivity index (χ0) is 15.9. The molecular formula is C19H16FNO2. The van der Waals surface area contributed by atoms with Crippen molar-refractivity contribution in [3.05, 3.63) is 90.2 Å². The monoisotopic (exact) mass is 309 g/mol. The predicted octanol–water partition coefficient (Wildman–Crippen LogP) is 4.81. The van der Waals surface area contributed by atoms with E-state index in [0.717, 1.165) is 5.69 Å². The zero-order valence-electron chi connectivity index (χ0n) is 12.4. The number of anilines is 1. The Morgan fingerprint density at radius 2 is 1.39 bits per heavy atom. The van der Waals surface area contributed by atoms with Gasteiger partial charge in [-0.25, -0.2) is 9.87 Å². The number of nitrogens with one attached hydrogen (secondary N) is 1. The first-order valence-electron chi connectivity index (χ1n) is 7.25. The van der Waals surface area contributed by atoms with Crippen LogP contribution >= 0.6 is 0 Å². The molecule has 0 bridgehead atoms. The third-order valence-electron chi connectivity index (χ3n) is 3.24. The van der Waals surface area contributed by atoms with Crippen LogP contribution in [0.3, 0.4) is 0 Å². The summed E-state index contributed by atoms with van der Waals surface area (Å²) in [4.78, 5) is 5.46. The van der Waals surface area contributed by atoms with Crippen LogP contribution in [0.2, 0.25) is 0 Å². The third-order valence-corrected chi connectivity index (χ3v) is 3.24. The van der Waals surface area contributed by atoms with Gasteiger partial charge in [-0.2, -0.15) is 0 Å². The predicted molar refractivity (Wildman–Crippen MR) is 87.9 cm³/mol. The first-order chi connectivity index (χ1) is 11.3. The summed E-state index contributed by atoms with van der Waals surface area (Å²) in [5, 5.41) is 0. The lowest BCUT2D eigenvalue weighted by molar-refractivity contribution is 0.299. The number of ether oxygens (including phenoxy) is 1. The lowest BCUT2D eigenvalue weighted by Gasteiger charge is -2.10. The molecule has 23 heavy (non-hydrogen) atoms. The van der Waals surface area contributed by atoms with Crippen LogP contribution in [0.5, 0.6) is 11.5 Å². The molecule has 0 aromatic heterocycles. The highest BCUT2D eigenvalue weighted by Crippen LogP contribution is 2.20. The normalized spacial score (nSPS) is 10.1. The molecule has 0 radical (unpaired) electrons. The van der Waals surface area contributed by atoms with Gasteiger partial charge in [-0.3, -0.25) is 0 Å². The van der Waals surface area contributed by atoms with Crippen molar-refractivity contribution in [2.75, 3.05) is 5.48 Å². The topological polar surface area (TPSA) is 30.5 Å². The van der Waals surface area contributed by atoms with E-state index in [1.54, 1.807) is 42.5 Å². The Balaban J connectivity index is 1.54. The van der Waals surface area contributed by atoms with Gasteiger partial charge < -0.3 is 9.57 Å². The molecule has 0 atom stereocenters. The number of rotatable bonds is 6. The number of hydrogen-bond acceptors (Lipinski definition) is 3. The Morgan fingerprint density at radius 1 is 0.739 bits per heavy atom. The molecule has 0 aliphatic carbocycles. The summed E-state index contributed by atoms with van der Waals surface area (Å²) in [6.45, 7) is 0.190. The molecule has 0 saturated heterocycles. The molecule has 0 aliphatic rings. The van der Waals surface area contributed by atoms with Crippen LogP contribution in [-0.4, -0.2) is 0 Å². The number of halogens is 1. The average Bonchev–Trinajstić information content (AvgIpc) is 2.61. The van der Waals surface area contributed by atoms with E-state index in [4.69, 9.17) is 9.57 Å². The quantitative estimate of drug-likeness (QED) is 0.663. The largest absolute Gasteiger partial charge is 0.489 e. The van der Waals surface area contributed by atoms with Gasteiger partial charge in [0, 0.05) is 5.56 Å². The van der Waals surface area contributed by atoms with Crippen LogP contribution in [-0.2, 0) is 6.61 Å². The molecule has 0 unspecified atom stereocenters. The van der Waals surface area contributed by atoms with Crippen LogP contribution in [0.25, 0.3) is 0 Å². The molecule has 3 aromatic rings. The Morgan fingerprint density at radius 3 is 2.13 bits per heavy atom. The van der Waals surface area contributed by atoms with Crippen LogP contribution in [0, 0.1) is 5.82 Å². The van der Waals surface area contributed by atoms with Gasteiger partial charge in [-0.1, -0.05) is 36.4 Å². The summed E-state index contributed by atoms with van der Waals surface area (Å²) < 4.78 is 19.1. The zero-order valence-corrected chi connectivity index (χ0v) is 12.4. The highest BCUT2D eigenvalue weighted by atomic mass is 19.1. The van der Waals surface area contributed by atoms with Gasteiger partial charge in [0.1, 0.15) is 18.2 Å². The molecule has 0 aliphatic heterocycles. The van der Waals surface area contributed by atoms with E-state index in [0.29, 0.717) is 17.1 Å². The second-order valence-corrected chi connectivity index (χ2v) is 4.92. The van der Waals surface area contributed by atoms with E-state index >= 15 is 0 Å². The van der Waals surface area contributed by atoms with Crippen molar-refractivity contribution in [2.24, 2.45) is 0 Å². The summed E-state index contributed by atoms with van der Waals surface area (Å²) in [6, 6.07) is 23.3. The fourth-order valence-corrected chi connectivity index (χ4v) is 2.00. The maximum absolute atomic E-state index is 13.5. The van der Waals surface area contributed by atoms with Gasteiger partial charge in [0.15, 0.2) is 5.75 Å². The van der Waals surface area contributed by atoms with Crippen molar-refractivity contribution < 1.29 is 14.0 Å². The summed E-state index contributed by atoms with van der Waals surface area (Å²) in [7, 11) is 0. The Bertz CT molecular complexity index is 745. The van der Waals surface area contributed by atoms with Crippen molar-refractivity contribution in [3.8, 4) is 11.5 Å². The lowest BCUT2D eigenvalue weighted by Crippen LogP contribution is -2.04. The molecule has 3 nitrogen and oxygen atoms in total. The SMILES string of the molecule is Fc1ccccc1COc1ccc(ONc2ccccc2)cc1. The minimum atomic E-state index is -0.264. The van der Waals surface area contributed by atoms with Gasteiger partial charge >= 0.3 is 0 Å². The summed E-state index contributed by atoms with van der Waals surface area (Å²) in [6.07, 6.45) is 0. The van der Waals surface area contributed by atoms with Crippen LogP contribution < -0.4 is 15.1 Å². The summed E-state index contributed by atoms with van der Waals surface area (Å²) >= 11 is 0. The Kier molecular flexibility index (Phi) is 4.74. The van der Waals surface area contributed by atoms with E-state index in [9.17, 15) is 4.39 Å².